The Hall–Kier alpha value is -3.27. The monoisotopic (exact) mass is 448 g/mol. The van der Waals surface area contributed by atoms with Crippen LogP contribution in [0.2, 0.25) is 0 Å². The molecule has 10 heteroatoms. The Labute approximate surface area is 183 Å². The predicted octanol–water partition coefficient (Wildman–Crippen LogP) is -0.0322. The van der Waals surface area contributed by atoms with Gasteiger partial charge in [-0.3, -0.25) is 24.0 Å². The third-order valence-corrected chi connectivity index (χ3v) is 6.41. The topological polar surface area (TPSA) is 142 Å². The second kappa shape index (κ2) is 9.07. The van der Waals surface area contributed by atoms with Crippen LogP contribution in [0.5, 0.6) is 0 Å². The van der Waals surface area contributed by atoms with Crippen molar-refractivity contribution in [3.05, 3.63) is 35.4 Å². The van der Waals surface area contributed by atoms with E-state index < -0.39 is 71.3 Å². The van der Waals surface area contributed by atoms with Gasteiger partial charge in [0.05, 0.1) is 46.4 Å². The second-order valence-electron chi connectivity index (χ2n) is 7.67. The van der Waals surface area contributed by atoms with Crippen molar-refractivity contribution in [3.63, 3.8) is 0 Å². The molecule has 1 aromatic rings. The minimum absolute atomic E-state index is 0.355. The highest BCUT2D eigenvalue weighted by atomic mass is 16.5. The van der Waals surface area contributed by atoms with Gasteiger partial charge < -0.3 is 24.1 Å². The minimum atomic E-state index is -1.73. The largest absolute Gasteiger partial charge is 0.469 e. The Bertz CT molecular complexity index is 881. The molecule has 32 heavy (non-hydrogen) atoms. The zero-order chi connectivity index (χ0) is 23.7. The van der Waals surface area contributed by atoms with Gasteiger partial charge in [0.15, 0.2) is 5.78 Å². The summed E-state index contributed by atoms with van der Waals surface area (Å²) in [7, 11) is 4.32. The van der Waals surface area contributed by atoms with Crippen LogP contribution in [0.3, 0.4) is 0 Å². The van der Waals surface area contributed by atoms with E-state index >= 15 is 0 Å². The lowest BCUT2D eigenvalue weighted by Crippen LogP contribution is -2.53. The number of esters is 4. The molecule has 0 amide bonds. The van der Waals surface area contributed by atoms with Gasteiger partial charge in [-0.2, -0.15) is 0 Å². The molecule has 3 rings (SSSR count). The molecule has 2 aliphatic rings. The predicted molar refractivity (Wildman–Crippen MR) is 105 cm³/mol. The number of ketones is 1. The van der Waals surface area contributed by atoms with Crippen LogP contribution in [0, 0.1) is 23.7 Å². The molecular weight excluding hydrogens is 424 g/mol. The van der Waals surface area contributed by atoms with Crippen molar-refractivity contribution >= 4 is 29.7 Å². The summed E-state index contributed by atoms with van der Waals surface area (Å²) in [5.74, 6) is -13.4. The second-order valence-corrected chi connectivity index (χ2v) is 7.67. The molecule has 10 nitrogen and oxygen atoms in total. The van der Waals surface area contributed by atoms with Crippen LogP contribution in [0.1, 0.15) is 23.0 Å². The third kappa shape index (κ3) is 3.44. The Morgan fingerprint density at radius 1 is 0.688 bits per heavy atom. The molecule has 7 atom stereocenters. The molecule has 0 saturated carbocycles. The zero-order valence-electron chi connectivity index (χ0n) is 18.0. The number of methoxy groups -OCH3 is 4. The molecule has 0 aromatic heterocycles. The summed E-state index contributed by atoms with van der Waals surface area (Å²) in [6.45, 7) is 0. The molecule has 1 unspecified atom stereocenters. The maximum absolute atomic E-state index is 13.7. The van der Waals surface area contributed by atoms with Crippen molar-refractivity contribution < 1.29 is 48.0 Å². The number of benzene rings is 1. The van der Waals surface area contributed by atoms with Crippen LogP contribution in [-0.4, -0.2) is 69.3 Å². The molecule has 0 radical (unpaired) electrons. The zero-order valence-corrected chi connectivity index (χ0v) is 18.0. The summed E-state index contributed by atoms with van der Waals surface area (Å²) in [5.41, 5.74) is 0.710. The van der Waals surface area contributed by atoms with Gasteiger partial charge in [0.1, 0.15) is 11.8 Å². The molecule has 0 fully saturated rings. The lowest BCUT2D eigenvalue weighted by molar-refractivity contribution is -0.168. The van der Waals surface area contributed by atoms with Crippen molar-refractivity contribution in [3.8, 4) is 0 Å². The quantitative estimate of drug-likeness (QED) is 0.379. The number of hydrogen-bond donors (Lipinski definition) is 1. The first-order chi connectivity index (χ1) is 15.2. The summed E-state index contributed by atoms with van der Waals surface area (Å²) >= 11 is 0. The molecule has 1 N–H and O–H groups in total. The number of rotatable bonds is 4. The Morgan fingerprint density at radius 2 is 1.03 bits per heavy atom. The fourth-order valence-electron chi connectivity index (χ4n) is 5.10. The fraction of sp³-hybridized carbons (Fsp3) is 0.500. The van der Waals surface area contributed by atoms with Crippen LogP contribution in [-0.2, 0) is 42.9 Å². The first-order valence-corrected chi connectivity index (χ1v) is 9.87. The summed E-state index contributed by atoms with van der Waals surface area (Å²) in [4.78, 5) is 65.0. The highest BCUT2D eigenvalue weighted by Crippen LogP contribution is 2.54. The third-order valence-electron chi connectivity index (χ3n) is 6.41. The molecule has 2 bridgehead atoms. The van der Waals surface area contributed by atoms with Gasteiger partial charge in [-0.05, 0) is 11.1 Å². The summed E-state index contributed by atoms with van der Waals surface area (Å²) < 4.78 is 19.4. The van der Waals surface area contributed by atoms with Gasteiger partial charge in [-0.25, -0.2) is 0 Å². The number of ether oxygens (including phenoxy) is 4. The van der Waals surface area contributed by atoms with E-state index in [1.807, 2.05) is 0 Å². The lowest BCUT2D eigenvalue weighted by Gasteiger charge is -2.38. The van der Waals surface area contributed by atoms with E-state index in [1.165, 1.54) is 0 Å². The number of aliphatic hydroxyl groups is 1. The van der Waals surface area contributed by atoms with Crippen LogP contribution >= 0.6 is 0 Å². The standard InChI is InChI=1S/C22H24O10/c1-29-19(25)13-11-9-7-5-6-8-10(9)12(15(17(13)23)21(27)31-3)16(22(28)32-4)18(24)14(11)20(26)30-2/h5-8,11-17,23H,1-4H3/t11-,12+,13-,14-,15-,16+,17?/m0/s1. The molecule has 0 aliphatic heterocycles. The number of carbonyl (C=O) groups is 5. The summed E-state index contributed by atoms with van der Waals surface area (Å²) in [6.07, 6.45) is -1.73. The maximum atomic E-state index is 13.7. The van der Waals surface area contributed by atoms with E-state index in [9.17, 15) is 29.1 Å². The SMILES string of the molecule is COC(=O)[C@@H]1C(=O)[C@H](C(=O)OC)[C@@H]2c3ccccc3[C@H]1[C@H](C(=O)OC)C(O)[C@H]2C(=O)OC. The van der Waals surface area contributed by atoms with E-state index in [2.05, 4.69) is 0 Å². The highest BCUT2D eigenvalue weighted by Gasteiger charge is 2.62. The molecule has 0 heterocycles. The van der Waals surface area contributed by atoms with Crippen LogP contribution in [0.25, 0.3) is 0 Å². The summed E-state index contributed by atoms with van der Waals surface area (Å²) in [5, 5.41) is 11.3. The van der Waals surface area contributed by atoms with Crippen LogP contribution in [0.15, 0.2) is 24.3 Å². The Morgan fingerprint density at radius 3 is 1.34 bits per heavy atom. The van der Waals surface area contributed by atoms with Gasteiger partial charge in [0.2, 0.25) is 0 Å². The minimum Gasteiger partial charge on any atom is -0.469 e. The van der Waals surface area contributed by atoms with Gasteiger partial charge >= 0.3 is 23.9 Å². The Kier molecular flexibility index (Phi) is 6.63. The molecule has 0 saturated heterocycles. The highest BCUT2D eigenvalue weighted by molar-refractivity contribution is 6.11. The average Bonchev–Trinajstić information content (AvgIpc) is 2.98. The van der Waals surface area contributed by atoms with E-state index in [-0.39, 0.29) is 0 Å². The molecule has 172 valence electrons. The van der Waals surface area contributed by atoms with Gasteiger partial charge in [-0.15, -0.1) is 0 Å². The average molecular weight is 448 g/mol. The number of Topliss-reactive ketones (excluding diaryl/α,β-unsaturated/α-hetero) is 1. The molecule has 1 aromatic carbocycles. The fourth-order valence-corrected chi connectivity index (χ4v) is 5.10. The van der Waals surface area contributed by atoms with Crippen molar-refractivity contribution in [2.45, 2.75) is 17.9 Å². The van der Waals surface area contributed by atoms with Crippen LogP contribution in [0.4, 0.5) is 0 Å². The summed E-state index contributed by atoms with van der Waals surface area (Å²) in [6, 6.07) is 6.41. The van der Waals surface area contributed by atoms with E-state index in [0.29, 0.717) is 11.1 Å². The Balaban J connectivity index is 2.45. The first kappa shape index (κ1) is 23.4. The van der Waals surface area contributed by atoms with Crippen molar-refractivity contribution in [2.75, 3.05) is 28.4 Å². The van der Waals surface area contributed by atoms with Crippen molar-refractivity contribution in [1.82, 2.24) is 0 Å². The van der Waals surface area contributed by atoms with Gasteiger partial charge in [0, 0.05) is 11.8 Å². The molecule has 2 aliphatic carbocycles. The van der Waals surface area contributed by atoms with Crippen LogP contribution < -0.4 is 0 Å². The molecule has 0 spiro atoms. The van der Waals surface area contributed by atoms with Crippen molar-refractivity contribution in [1.29, 1.82) is 0 Å². The van der Waals surface area contributed by atoms with E-state index in [0.717, 1.165) is 28.4 Å². The number of carbonyl (C=O) groups excluding carboxylic acids is 5. The molecular formula is C22H24O10. The van der Waals surface area contributed by atoms with Crippen molar-refractivity contribution in [2.24, 2.45) is 23.7 Å². The van der Waals surface area contributed by atoms with Gasteiger partial charge in [-0.1, -0.05) is 24.3 Å². The van der Waals surface area contributed by atoms with Gasteiger partial charge in [0.25, 0.3) is 0 Å². The van der Waals surface area contributed by atoms with E-state index in [1.54, 1.807) is 24.3 Å². The smallest absolute Gasteiger partial charge is 0.316 e. The maximum Gasteiger partial charge on any atom is 0.316 e. The first-order valence-electron chi connectivity index (χ1n) is 9.87. The number of hydrogen-bond acceptors (Lipinski definition) is 10. The normalized spacial score (nSPS) is 30.9. The number of aliphatic hydroxyl groups excluding tert-OH is 1. The lowest BCUT2D eigenvalue weighted by atomic mass is 9.65. The van der Waals surface area contributed by atoms with E-state index in [4.69, 9.17) is 18.9 Å².